The standard InChI is InChI=1S/C14H16O5/c1-16-13-11-4-9(6-17-7-15)2-3-10(11)5-12-14(13)19-8-18-12/h5,7,9H,2-4,6,8H2,1H3/t9-/m0/s1. The highest BCUT2D eigenvalue weighted by Gasteiger charge is 2.29. The smallest absolute Gasteiger partial charge is 0.293 e. The second-order valence-electron chi connectivity index (χ2n) is 4.82. The first kappa shape index (κ1) is 12.1. The molecule has 1 heterocycles. The third-order valence-corrected chi connectivity index (χ3v) is 3.73. The summed E-state index contributed by atoms with van der Waals surface area (Å²) in [5.74, 6) is 2.56. The normalized spacial score (nSPS) is 19.7. The molecule has 1 aromatic rings. The van der Waals surface area contributed by atoms with Crippen LogP contribution in [0.15, 0.2) is 6.07 Å². The molecule has 0 saturated carbocycles. The molecule has 1 aliphatic carbocycles. The van der Waals surface area contributed by atoms with Gasteiger partial charge in [0.15, 0.2) is 11.5 Å². The summed E-state index contributed by atoms with van der Waals surface area (Å²) in [6.07, 6.45) is 2.78. The summed E-state index contributed by atoms with van der Waals surface area (Å²) in [6.45, 7) is 1.21. The number of rotatable bonds is 4. The molecule has 1 aliphatic heterocycles. The number of ether oxygens (including phenoxy) is 4. The van der Waals surface area contributed by atoms with Gasteiger partial charge in [-0.15, -0.1) is 0 Å². The molecule has 0 unspecified atom stereocenters. The van der Waals surface area contributed by atoms with Gasteiger partial charge < -0.3 is 18.9 Å². The Bertz CT molecular complexity index is 497. The third kappa shape index (κ3) is 2.09. The average Bonchev–Trinajstić information content (AvgIpc) is 2.90. The molecule has 0 saturated heterocycles. The SMILES string of the molecule is COc1c2c(cc3c1OCO3)CC[C@H](COC=O)C2. The van der Waals surface area contributed by atoms with E-state index in [0.29, 0.717) is 24.7 Å². The molecule has 0 bridgehead atoms. The van der Waals surface area contributed by atoms with Crippen LogP contribution in [0.3, 0.4) is 0 Å². The Morgan fingerprint density at radius 2 is 2.37 bits per heavy atom. The Labute approximate surface area is 111 Å². The highest BCUT2D eigenvalue weighted by molar-refractivity contribution is 5.60. The highest BCUT2D eigenvalue weighted by atomic mass is 16.7. The van der Waals surface area contributed by atoms with Crippen LogP contribution in [-0.4, -0.2) is 27.0 Å². The predicted octanol–water partition coefficient (Wildman–Crippen LogP) is 1.70. The first-order valence-corrected chi connectivity index (χ1v) is 6.37. The van der Waals surface area contributed by atoms with Gasteiger partial charge in [-0.1, -0.05) is 0 Å². The molecule has 0 radical (unpaired) electrons. The maximum atomic E-state index is 10.3. The van der Waals surface area contributed by atoms with E-state index in [0.717, 1.165) is 36.3 Å². The Hall–Kier alpha value is -1.91. The van der Waals surface area contributed by atoms with Crippen molar-refractivity contribution in [1.82, 2.24) is 0 Å². The van der Waals surface area contributed by atoms with Gasteiger partial charge in [0.05, 0.1) is 13.7 Å². The maximum Gasteiger partial charge on any atom is 0.293 e. The van der Waals surface area contributed by atoms with Crippen molar-refractivity contribution in [2.24, 2.45) is 5.92 Å². The summed E-state index contributed by atoms with van der Waals surface area (Å²) >= 11 is 0. The number of carbonyl (C=O) groups is 1. The molecule has 2 aliphatic rings. The highest BCUT2D eigenvalue weighted by Crippen LogP contribution is 2.47. The van der Waals surface area contributed by atoms with Crippen LogP contribution >= 0.6 is 0 Å². The summed E-state index contributed by atoms with van der Waals surface area (Å²) in [6, 6.07) is 2.04. The monoisotopic (exact) mass is 264 g/mol. The summed E-state index contributed by atoms with van der Waals surface area (Å²) in [5.41, 5.74) is 2.39. The van der Waals surface area contributed by atoms with E-state index in [1.807, 2.05) is 6.07 Å². The van der Waals surface area contributed by atoms with Gasteiger partial charge in [-0.2, -0.15) is 0 Å². The van der Waals surface area contributed by atoms with E-state index in [2.05, 4.69) is 0 Å². The van der Waals surface area contributed by atoms with Crippen molar-refractivity contribution in [3.05, 3.63) is 17.2 Å². The lowest BCUT2D eigenvalue weighted by atomic mass is 9.83. The minimum absolute atomic E-state index is 0.242. The topological polar surface area (TPSA) is 54.0 Å². The summed E-state index contributed by atoms with van der Waals surface area (Å²) in [7, 11) is 1.64. The van der Waals surface area contributed by atoms with Gasteiger partial charge in [-0.3, -0.25) is 4.79 Å². The molecule has 0 N–H and O–H groups in total. The molecule has 1 aromatic carbocycles. The minimum atomic E-state index is 0.242. The molecule has 5 heteroatoms. The molecule has 0 fully saturated rings. The molecule has 0 spiro atoms. The van der Waals surface area contributed by atoms with Gasteiger partial charge >= 0.3 is 0 Å². The first-order valence-electron chi connectivity index (χ1n) is 6.37. The number of benzene rings is 1. The molecule has 102 valence electrons. The first-order chi connectivity index (χ1) is 9.33. The number of aryl methyl sites for hydroxylation is 1. The van der Waals surface area contributed by atoms with Gasteiger partial charge in [-0.25, -0.2) is 0 Å². The van der Waals surface area contributed by atoms with Gasteiger partial charge in [0.1, 0.15) is 0 Å². The second-order valence-corrected chi connectivity index (χ2v) is 4.82. The predicted molar refractivity (Wildman–Crippen MR) is 66.6 cm³/mol. The fourth-order valence-corrected chi connectivity index (χ4v) is 2.83. The lowest BCUT2D eigenvalue weighted by molar-refractivity contribution is -0.130. The molecule has 3 rings (SSSR count). The van der Waals surface area contributed by atoms with E-state index >= 15 is 0 Å². The molecule has 5 nitrogen and oxygen atoms in total. The van der Waals surface area contributed by atoms with Gasteiger partial charge in [0, 0.05) is 5.56 Å². The third-order valence-electron chi connectivity index (χ3n) is 3.73. The van der Waals surface area contributed by atoms with Gasteiger partial charge in [0.25, 0.3) is 6.47 Å². The van der Waals surface area contributed by atoms with Crippen LogP contribution in [0.25, 0.3) is 0 Å². The largest absolute Gasteiger partial charge is 0.492 e. The van der Waals surface area contributed by atoms with E-state index in [1.165, 1.54) is 5.56 Å². The number of carbonyl (C=O) groups excluding carboxylic acids is 1. The van der Waals surface area contributed by atoms with E-state index in [9.17, 15) is 4.79 Å². The molecule has 0 aromatic heterocycles. The summed E-state index contributed by atoms with van der Waals surface area (Å²) < 4.78 is 21.3. The van der Waals surface area contributed by atoms with Crippen molar-refractivity contribution >= 4 is 6.47 Å². The van der Waals surface area contributed by atoms with Crippen molar-refractivity contribution < 1.29 is 23.7 Å². The van der Waals surface area contributed by atoms with Crippen molar-refractivity contribution in [3.63, 3.8) is 0 Å². The zero-order chi connectivity index (χ0) is 13.2. The minimum Gasteiger partial charge on any atom is -0.492 e. The summed E-state index contributed by atoms with van der Waals surface area (Å²) in [4.78, 5) is 10.3. The van der Waals surface area contributed by atoms with Gasteiger partial charge in [-0.05, 0) is 36.8 Å². The van der Waals surface area contributed by atoms with E-state index in [-0.39, 0.29) is 6.79 Å². The van der Waals surface area contributed by atoms with Crippen molar-refractivity contribution in [2.45, 2.75) is 19.3 Å². The quantitative estimate of drug-likeness (QED) is 0.775. The molecule has 1 atom stereocenters. The van der Waals surface area contributed by atoms with Crippen LogP contribution in [0.2, 0.25) is 0 Å². The Balaban J connectivity index is 1.92. The van der Waals surface area contributed by atoms with Crippen LogP contribution in [-0.2, 0) is 22.4 Å². The Morgan fingerprint density at radius 1 is 1.47 bits per heavy atom. The average molecular weight is 264 g/mol. The second kappa shape index (κ2) is 4.99. The van der Waals surface area contributed by atoms with Crippen LogP contribution in [0, 0.1) is 5.92 Å². The van der Waals surface area contributed by atoms with Crippen LogP contribution in [0.4, 0.5) is 0 Å². The fraction of sp³-hybridized carbons (Fsp3) is 0.500. The van der Waals surface area contributed by atoms with Crippen LogP contribution in [0.1, 0.15) is 17.5 Å². The molecular formula is C14H16O5. The van der Waals surface area contributed by atoms with E-state index < -0.39 is 0 Å². The van der Waals surface area contributed by atoms with Crippen LogP contribution in [0.5, 0.6) is 17.2 Å². The van der Waals surface area contributed by atoms with Crippen LogP contribution < -0.4 is 14.2 Å². The van der Waals surface area contributed by atoms with Crippen molar-refractivity contribution in [3.8, 4) is 17.2 Å². The lowest BCUT2D eigenvalue weighted by Crippen LogP contribution is -2.19. The molecule has 0 amide bonds. The number of hydrogen-bond acceptors (Lipinski definition) is 5. The maximum absolute atomic E-state index is 10.3. The lowest BCUT2D eigenvalue weighted by Gasteiger charge is -2.26. The van der Waals surface area contributed by atoms with E-state index in [4.69, 9.17) is 18.9 Å². The zero-order valence-corrected chi connectivity index (χ0v) is 10.8. The van der Waals surface area contributed by atoms with Gasteiger partial charge in [0.2, 0.25) is 12.5 Å². The van der Waals surface area contributed by atoms with Crippen molar-refractivity contribution in [1.29, 1.82) is 0 Å². The molecular weight excluding hydrogens is 248 g/mol. The Kier molecular flexibility index (Phi) is 3.19. The number of hydrogen-bond donors (Lipinski definition) is 0. The number of methoxy groups -OCH3 is 1. The fourth-order valence-electron chi connectivity index (χ4n) is 2.83. The Morgan fingerprint density at radius 3 is 3.16 bits per heavy atom. The zero-order valence-electron chi connectivity index (χ0n) is 10.8. The van der Waals surface area contributed by atoms with Crippen molar-refractivity contribution in [2.75, 3.05) is 20.5 Å². The number of fused-ring (bicyclic) bond motifs is 2. The van der Waals surface area contributed by atoms with E-state index in [1.54, 1.807) is 7.11 Å². The molecule has 19 heavy (non-hydrogen) atoms. The summed E-state index contributed by atoms with van der Waals surface area (Å²) in [5, 5.41) is 0.